The average molecular weight is 577 g/mol. The molecule has 15 nitrogen and oxygen atoms in total. The lowest BCUT2D eigenvalue weighted by atomic mass is 9.91. The summed E-state index contributed by atoms with van der Waals surface area (Å²) in [4.78, 5) is 0. The second-order valence-corrected chi connectivity index (χ2v) is 9.90. The minimum atomic E-state index is -1.05. The molecular weight excluding hydrogens is 528 g/mol. The number of rotatable bonds is 6. The molecule has 3 aliphatic rings. The summed E-state index contributed by atoms with van der Waals surface area (Å²) >= 11 is 0. The Balaban J connectivity index is 0.000000292. The summed E-state index contributed by atoms with van der Waals surface area (Å²) in [5.74, 6) is -0.899. The standard InChI is InChI=1S/3C8H16O5/c3*1-4-5(3-9)13-8(12-2)7(11)6(4)10/h3*4-11H,3H2,1-2H3/t3*4-,5-,6+,7-,8+/m111/s1. The molecule has 9 N–H and O–H groups in total. The van der Waals surface area contributed by atoms with E-state index in [0.29, 0.717) is 0 Å². The van der Waals surface area contributed by atoms with E-state index in [4.69, 9.17) is 43.7 Å². The molecule has 15 heteroatoms. The molecule has 0 bridgehead atoms. The van der Waals surface area contributed by atoms with Crippen LogP contribution < -0.4 is 0 Å². The molecule has 0 aromatic rings. The van der Waals surface area contributed by atoms with Crippen LogP contribution in [0, 0.1) is 17.8 Å². The number of aliphatic hydroxyl groups is 9. The molecule has 0 amide bonds. The minimum Gasteiger partial charge on any atom is -0.394 e. The zero-order chi connectivity index (χ0) is 30.0. The highest BCUT2D eigenvalue weighted by Crippen LogP contribution is 2.27. The first-order chi connectivity index (χ1) is 18.3. The van der Waals surface area contributed by atoms with Gasteiger partial charge in [0.15, 0.2) is 18.9 Å². The highest BCUT2D eigenvalue weighted by atomic mass is 16.7. The molecule has 0 unspecified atom stereocenters. The number of methoxy groups -OCH3 is 3. The van der Waals surface area contributed by atoms with Crippen molar-refractivity contribution in [1.29, 1.82) is 0 Å². The second kappa shape index (κ2) is 17.4. The highest BCUT2D eigenvalue weighted by molar-refractivity contribution is 4.88. The molecule has 3 saturated heterocycles. The fourth-order valence-electron chi connectivity index (χ4n) is 4.42. The molecule has 39 heavy (non-hydrogen) atoms. The summed E-state index contributed by atoms with van der Waals surface area (Å²) in [5, 5.41) is 83.6. The summed E-state index contributed by atoms with van der Waals surface area (Å²) in [5.41, 5.74) is 0. The molecular formula is C24H48O15. The molecule has 3 fully saturated rings. The van der Waals surface area contributed by atoms with Crippen LogP contribution in [0.15, 0.2) is 0 Å². The lowest BCUT2D eigenvalue weighted by molar-refractivity contribution is -0.280. The van der Waals surface area contributed by atoms with Gasteiger partial charge in [-0.25, -0.2) is 0 Å². The van der Waals surface area contributed by atoms with Crippen LogP contribution in [0.3, 0.4) is 0 Å². The molecule has 3 heterocycles. The largest absolute Gasteiger partial charge is 0.394 e. The van der Waals surface area contributed by atoms with E-state index in [0.717, 1.165) is 0 Å². The van der Waals surface area contributed by atoms with E-state index in [-0.39, 0.29) is 37.6 Å². The van der Waals surface area contributed by atoms with Crippen molar-refractivity contribution in [3.05, 3.63) is 0 Å². The van der Waals surface area contributed by atoms with E-state index in [1.807, 2.05) is 0 Å². The number of ether oxygens (including phenoxy) is 6. The van der Waals surface area contributed by atoms with Gasteiger partial charge in [-0.05, 0) is 0 Å². The molecule has 0 aliphatic carbocycles. The number of hydrogen-bond acceptors (Lipinski definition) is 15. The summed E-state index contributed by atoms with van der Waals surface area (Å²) in [7, 11) is 4.14. The molecule has 3 aliphatic heterocycles. The van der Waals surface area contributed by atoms with E-state index in [2.05, 4.69) is 0 Å². The van der Waals surface area contributed by atoms with E-state index in [9.17, 15) is 30.6 Å². The van der Waals surface area contributed by atoms with Crippen LogP contribution in [0.25, 0.3) is 0 Å². The van der Waals surface area contributed by atoms with Gasteiger partial charge in [0, 0.05) is 39.1 Å². The molecule has 0 aromatic carbocycles. The van der Waals surface area contributed by atoms with Gasteiger partial charge in [-0.15, -0.1) is 0 Å². The van der Waals surface area contributed by atoms with Crippen LogP contribution in [-0.2, 0) is 28.4 Å². The Kier molecular flexibility index (Phi) is 16.2. The molecule has 234 valence electrons. The van der Waals surface area contributed by atoms with Gasteiger partial charge in [-0.1, -0.05) is 20.8 Å². The maximum absolute atomic E-state index is 9.53. The molecule has 0 spiro atoms. The molecule has 3 rings (SSSR count). The lowest BCUT2D eigenvalue weighted by Crippen LogP contribution is -2.55. The fourth-order valence-corrected chi connectivity index (χ4v) is 4.42. The third-order valence-corrected chi connectivity index (χ3v) is 7.43. The average Bonchev–Trinajstić information content (AvgIpc) is 2.95. The molecule has 0 radical (unpaired) electrons. The quantitative estimate of drug-likeness (QED) is 0.147. The molecule has 0 aromatic heterocycles. The van der Waals surface area contributed by atoms with Crippen molar-refractivity contribution in [1.82, 2.24) is 0 Å². The van der Waals surface area contributed by atoms with E-state index in [1.165, 1.54) is 21.3 Å². The van der Waals surface area contributed by atoms with Crippen LogP contribution >= 0.6 is 0 Å². The smallest absolute Gasteiger partial charge is 0.186 e. The van der Waals surface area contributed by atoms with Gasteiger partial charge in [-0.3, -0.25) is 0 Å². The van der Waals surface area contributed by atoms with Crippen LogP contribution in [-0.4, -0.2) is 161 Å². The number of aliphatic hydroxyl groups excluding tert-OH is 9. The van der Waals surface area contributed by atoms with Crippen molar-refractivity contribution in [2.24, 2.45) is 17.8 Å². The van der Waals surface area contributed by atoms with Crippen molar-refractivity contribution in [3.8, 4) is 0 Å². The molecule has 0 saturated carbocycles. The van der Waals surface area contributed by atoms with Crippen LogP contribution in [0.2, 0.25) is 0 Å². The zero-order valence-corrected chi connectivity index (χ0v) is 23.3. The zero-order valence-electron chi connectivity index (χ0n) is 23.3. The summed E-state index contributed by atoms with van der Waals surface area (Å²) in [6, 6.07) is 0. The predicted molar refractivity (Wildman–Crippen MR) is 132 cm³/mol. The minimum absolute atomic E-state index is 0.190. The van der Waals surface area contributed by atoms with E-state index < -0.39 is 73.8 Å². The highest BCUT2D eigenvalue weighted by Gasteiger charge is 2.43. The van der Waals surface area contributed by atoms with Crippen molar-refractivity contribution < 1.29 is 74.4 Å². The summed E-state index contributed by atoms with van der Waals surface area (Å²) < 4.78 is 30.0. The first kappa shape index (κ1) is 36.4. The van der Waals surface area contributed by atoms with Gasteiger partial charge >= 0.3 is 0 Å². The Morgan fingerprint density at radius 1 is 0.436 bits per heavy atom. The summed E-state index contributed by atoms with van der Waals surface area (Å²) in [6.07, 6.45) is -9.94. The van der Waals surface area contributed by atoms with E-state index in [1.54, 1.807) is 20.8 Å². The van der Waals surface area contributed by atoms with Crippen molar-refractivity contribution in [2.45, 2.75) is 94.6 Å². The van der Waals surface area contributed by atoms with Crippen LogP contribution in [0.5, 0.6) is 0 Å². The van der Waals surface area contributed by atoms with E-state index >= 15 is 0 Å². The monoisotopic (exact) mass is 576 g/mol. The summed E-state index contributed by atoms with van der Waals surface area (Å²) in [6.45, 7) is 4.56. The predicted octanol–water partition coefficient (Wildman–Crippen LogP) is -3.88. The first-order valence-corrected chi connectivity index (χ1v) is 12.8. The topological polar surface area (TPSA) is 237 Å². The van der Waals surface area contributed by atoms with Crippen LogP contribution in [0.4, 0.5) is 0 Å². The SMILES string of the molecule is CO[C@H]1O[C@H](CO)[C@@H](C)[C@H](O)[C@H]1O.CO[C@H]1O[C@H](CO)[C@@H](C)[C@H](O)[C@H]1O.CO[C@H]1O[C@H](CO)[C@@H](C)[C@H](O)[C@H]1O. The van der Waals surface area contributed by atoms with Crippen molar-refractivity contribution in [3.63, 3.8) is 0 Å². The van der Waals surface area contributed by atoms with Crippen LogP contribution in [0.1, 0.15) is 20.8 Å². The normalized spacial score (nSPS) is 46.4. The number of hydrogen-bond donors (Lipinski definition) is 9. The first-order valence-electron chi connectivity index (χ1n) is 12.8. The Labute approximate surface area is 228 Å². The Morgan fingerprint density at radius 3 is 0.795 bits per heavy atom. The van der Waals surface area contributed by atoms with Gasteiger partial charge in [0.05, 0.1) is 56.4 Å². The molecule has 15 atom stereocenters. The second-order valence-electron chi connectivity index (χ2n) is 9.90. The fraction of sp³-hybridized carbons (Fsp3) is 1.00. The Bertz CT molecular complexity index is 513. The van der Waals surface area contributed by atoms with Gasteiger partial charge in [-0.2, -0.15) is 0 Å². The van der Waals surface area contributed by atoms with Gasteiger partial charge in [0.2, 0.25) is 0 Å². The van der Waals surface area contributed by atoms with Gasteiger partial charge in [0.25, 0.3) is 0 Å². The van der Waals surface area contributed by atoms with Crippen molar-refractivity contribution >= 4 is 0 Å². The third kappa shape index (κ3) is 9.19. The van der Waals surface area contributed by atoms with Gasteiger partial charge < -0.3 is 74.4 Å². The van der Waals surface area contributed by atoms with Gasteiger partial charge in [0.1, 0.15) is 18.3 Å². The Hall–Kier alpha value is -0.600. The maximum atomic E-state index is 9.53. The Morgan fingerprint density at radius 2 is 0.641 bits per heavy atom. The van der Waals surface area contributed by atoms with Crippen molar-refractivity contribution in [2.75, 3.05) is 41.2 Å². The lowest BCUT2D eigenvalue weighted by Gasteiger charge is -2.40. The maximum Gasteiger partial charge on any atom is 0.186 e. The third-order valence-electron chi connectivity index (χ3n) is 7.43.